The highest BCUT2D eigenvalue weighted by Gasteiger charge is 2.25. The summed E-state index contributed by atoms with van der Waals surface area (Å²) in [5, 5.41) is 8.75. The number of thioether (sulfide) groups is 1. The summed E-state index contributed by atoms with van der Waals surface area (Å²) in [7, 11) is 0. The molecule has 1 atom stereocenters. The van der Waals surface area contributed by atoms with Crippen LogP contribution < -0.4 is 10.6 Å². The van der Waals surface area contributed by atoms with Crippen LogP contribution in [0.5, 0.6) is 0 Å². The van der Waals surface area contributed by atoms with E-state index in [2.05, 4.69) is 15.5 Å². The normalized spacial score (nSPS) is 24.7. The van der Waals surface area contributed by atoms with E-state index < -0.39 is 0 Å². The van der Waals surface area contributed by atoms with E-state index in [1.807, 2.05) is 17.5 Å². The molecule has 0 spiro atoms. The van der Waals surface area contributed by atoms with Crippen molar-refractivity contribution in [2.75, 3.05) is 26.2 Å². The molecule has 0 amide bonds. The van der Waals surface area contributed by atoms with E-state index in [1.54, 1.807) is 17.8 Å². The molecule has 0 aromatic heterocycles. The predicted octanol–water partition coefficient (Wildman–Crippen LogP) is 1.65. The average molecular weight is 265 g/mol. The lowest BCUT2D eigenvalue weighted by atomic mass is 10.1. The highest BCUT2D eigenvalue weighted by Crippen LogP contribution is 2.30. The maximum absolute atomic E-state index is 13.7. The number of hydrogen-bond acceptors (Lipinski definition) is 4. The lowest BCUT2D eigenvalue weighted by molar-refractivity contribution is 0.216. The van der Waals surface area contributed by atoms with Crippen molar-refractivity contribution >= 4 is 17.5 Å². The summed E-state index contributed by atoms with van der Waals surface area (Å²) < 4.78 is 13.7. The highest BCUT2D eigenvalue weighted by molar-refractivity contribution is 8.03. The number of hydrogen-bond donors (Lipinski definition) is 2. The van der Waals surface area contributed by atoms with E-state index in [9.17, 15) is 4.39 Å². The van der Waals surface area contributed by atoms with E-state index in [-0.39, 0.29) is 11.3 Å². The van der Waals surface area contributed by atoms with E-state index in [0.717, 1.165) is 31.9 Å². The van der Waals surface area contributed by atoms with Crippen LogP contribution in [0.3, 0.4) is 0 Å². The van der Waals surface area contributed by atoms with Crippen LogP contribution in [-0.4, -0.2) is 36.6 Å². The van der Waals surface area contributed by atoms with Gasteiger partial charge in [-0.05, 0) is 17.5 Å². The molecule has 0 saturated carbocycles. The zero-order valence-electron chi connectivity index (χ0n) is 10.0. The molecule has 0 aliphatic carbocycles. The van der Waals surface area contributed by atoms with Crippen LogP contribution in [0, 0.1) is 5.82 Å². The Morgan fingerprint density at radius 1 is 1.22 bits per heavy atom. The SMILES string of the molecule is Fc1ccccc1C1=CSC(N2CCNCC2)N1. The van der Waals surface area contributed by atoms with Gasteiger partial charge < -0.3 is 10.6 Å². The molecule has 2 aliphatic heterocycles. The summed E-state index contributed by atoms with van der Waals surface area (Å²) >= 11 is 1.72. The molecule has 1 unspecified atom stereocenters. The van der Waals surface area contributed by atoms with Gasteiger partial charge in [-0.15, -0.1) is 0 Å². The summed E-state index contributed by atoms with van der Waals surface area (Å²) in [5.74, 6) is -0.169. The Morgan fingerprint density at radius 3 is 2.78 bits per heavy atom. The molecule has 3 rings (SSSR count). The maximum atomic E-state index is 13.7. The smallest absolute Gasteiger partial charge is 0.132 e. The van der Waals surface area contributed by atoms with Gasteiger partial charge in [0.25, 0.3) is 0 Å². The molecular weight excluding hydrogens is 249 g/mol. The second-order valence-corrected chi connectivity index (χ2v) is 5.38. The van der Waals surface area contributed by atoms with Crippen molar-refractivity contribution in [2.24, 2.45) is 0 Å². The molecule has 2 aliphatic rings. The lowest BCUT2D eigenvalue weighted by Crippen LogP contribution is -2.50. The second-order valence-electron chi connectivity index (χ2n) is 4.43. The maximum Gasteiger partial charge on any atom is 0.132 e. The van der Waals surface area contributed by atoms with Crippen LogP contribution in [0.1, 0.15) is 5.56 Å². The minimum atomic E-state index is -0.169. The second kappa shape index (κ2) is 5.30. The number of nitrogens with zero attached hydrogens (tertiary/aromatic N) is 1. The largest absolute Gasteiger partial charge is 0.360 e. The Kier molecular flexibility index (Phi) is 3.54. The fraction of sp³-hybridized carbons (Fsp3) is 0.385. The standard InChI is InChI=1S/C13H16FN3S/c14-11-4-2-1-3-10(11)12-9-18-13(16-12)17-7-5-15-6-8-17/h1-4,9,13,15-16H,5-8H2. The summed E-state index contributed by atoms with van der Waals surface area (Å²) in [6.45, 7) is 4.10. The van der Waals surface area contributed by atoms with E-state index in [4.69, 9.17) is 0 Å². The minimum absolute atomic E-state index is 0.169. The van der Waals surface area contributed by atoms with Gasteiger partial charge in [0, 0.05) is 31.7 Å². The molecule has 0 bridgehead atoms. The van der Waals surface area contributed by atoms with Crippen molar-refractivity contribution in [1.29, 1.82) is 0 Å². The lowest BCUT2D eigenvalue weighted by Gasteiger charge is -2.32. The van der Waals surface area contributed by atoms with Gasteiger partial charge in [-0.3, -0.25) is 4.90 Å². The van der Waals surface area contributed by atoms with Crippen molar-refractivity contribution in [3.8, 4) is 0 Å². The van der Waals surface area contributed by atoms with Gasteiger partial charge in [-0.25, -0.2) is 4.39 Å². The Morgan fingerprint density at radius 2 is 2.00 bits per heavy atom. The number of nitrogens with one attached hydrogen (secondary N) is 2. The van der Waals surface area contributed by atoms with Crippen molar-refractivity contribution in [2.45, 2.75) is 5.50 Å². The molecular formula is C13H16FN3S. The van der Waals surface area contributed by atoms with Crippen LogP contribution in [0.25, 0.3) is 5.70 Å². The molecule has 96 valence electrons. The molecule has 2 heterocycles. The molecule has 3 nitrogen and oxygen atoms in total. The molecule has 1 aromatic carbocycles. The average Bonchev–Trinajstić information content (AvgIpc) is 2.90. The molecule has 1 saturated heterocycles. The van der Waals surface area contributed by atoms with Crippen LogP contribution in [0.4, 0.5) is 4.39 Å². The first-order valence-electron chi connectivity index (χ1n) is 6.16. The summed E-state index contributed by atoms with van der Waals surface area (Å²) in [6.07, 6.45) is 0. The quantitative estimate of drug-likeness (QED) is 0.850. The fourth-order valence-electron chi connectivity index (χ4n) is 2.25. The zero-order chi connectivity index (χ0) is 12.4. The first-order chi connectivity index (χ1) is 8.84. The number of benzene rings is 1. The van der Waals surface area contributed by atoms with E-state index in [0.29, 0.717) is 5.56 Å². The van der Waals surface area contributed by atoms with Crippen molar-refractivity contribution in [1.82, 2.24) is 15.5 Å². The highest BCUT2D eigenvalue weighted by atomic mass is 32.2. The Balaban J connectivity index is 1.69. The molecule has 1 aromatic rings. The molecule has 18 heavy (non-hydrogen) atoms. The fourth-order valence-corrected chi connectivity index (χ4v) is 3.29. The van der Waals surface area contributed by atoms with Crippen LogP contribution in [0.15, 0.2) is 29.7 Å². The van der Waals surface area contributed by atoms with Crippen molar-refractivity contribution in [3.05, 3.63) is 41.1 Å². The summed E-state index contributed by atoms with van der Waals surface area (Å²) in [4.78, 5) is 2.38. The summed E-state index contributed by atoms with van der Waals surface area (Å²) in [5.41, 5.74) is 1.78. The van der Waals surface area contributed by atoms with Gasteiger partial charge in [0.2, 0.25) is 0 Å². The zero-order valence-corrected chi connectivity index (χ0v) is 10.8. The number of halogens is 1. The Hall–Kier alpha value is -1.04. The number of rotatable bonds is 2. The minimum Gasteiger partial charge on any atom is -0.360 e. The van der Waals surface area contributed by atoms with Gasteiger partial charge in [-0.1, -0.05) is 23.9 Å². The van der Waals surface area contributed by atoms with Gasteiger partial charge in [0.15, 0.2) is 0 Å². The topological polar surface area (TPSA) is 27.3 Å². The molecule has 2 N–H and O–H groups in total. The van der Waals surface area contributed by atoms with Gasteiger partial charge >= 0.3 is 0 Å². The monoisotopic (exact) mass is 265 g/mol. The third-order valence-electron chi connectivity index (χ3n) is 3.24. The third kappa shape index (κ3) is 2.39. The van der Waals surface area contributed by atoms with Crippen molar-refractivity contribution < 1.29 is 4.39 Å². The molecule has 5 heteroatoms. The first kappa shape index (κ1) is 12.0. The van der Waals surface area contributed by atoms with Gasteiger partial charge in [0.1, 0.15) is 11.3 Å². The van der Waals surface area contributed by atoms with E-state index in [1.165, 1.54) is 6.07 Å². The molecule has 1 fully saturated rings. The van der Waals surface area contributed by atoms with Gasteiger partial charge in [-0.2, -0.15) is 0 Å². The Labute approximate surface area is 110 Å². The first-order valence-corrected chi connectivity index (χ1v) is 7.11. The third-order valence-corrected chi connectivity index (χ3v) is 4.29. The molecule has 0 radical (unpaired) electrons. The van der Waals surface area contributed by atoms with E-state index >= 15 is 0 Å². The van der Waals surface area contributed by atoms with Crippen LogP contribution in [-0.2, 0) is 0 Å². The van der Waals surface area contributed by atoms with Crippen molar-refractivity contribution in [3.63, 3.8) is 0 Å². The van der Waals surface area contributed by atoms with Crippen LogP contribution in [0.2, 0.25) is 0 Å². The Bertz CT molecular complexity index is 457. The summed E-state index contributed by atoms with van der Waals surface area (Å²) in [6, 6.07) is 6.90. The van der Waals surface area contributed by atoms with Gasteiger partial charge in [0.05, 0.1) is 5.70 Å². The predicted molar refractivity (Wildman–Crippen MR) is 73.3 cm³/mol. The van der Waals surface area contributed by atoms with Crippen LogP contribution >= 0.6 is 11.8 Å². The number of piperazine rings is 1.